The molecule has 7 heteroatoms. The number of methoxy groups -OCH3 is 1. The number of carbonyl (C=O) groups excluding carboxylic acids is 2. The maximum atomic E-state index is 13.6. The van der Waals surface area contributed by atoms with Crippen molar-refractivity contribution >= 4 is 23.5 Å². The smallest absolute Gasteiger partial charge is 0.336 e. The van der Waals surface area contributed by atoms with Gasteiger partial charge in [-0.3, -0.25) is 4.79 Å². The molecule has 4 bridgehead atoms. The fraction of sp³-hybridized carbons (Fsp3) is 0.552. The molecule has 6 nitrogen and oxygen atoms in total. The summed E-state index contributed by atoms with van der Waals surface area (Å²) in [5, 5.41) is 14.2. The summed E-state index contributed by atoms with van der Waals surface area (Å²) in [6.07, 6.45) is 7.02. The molecule has 1 aromatic rings. The molecule has 190 valence electrons. The molecule has 1 N–H and O–H groups in total. The Morgan fingerprint density at radius 3 is 2.25 bits per heavy atom. The summed E-state index contributed by atoms with van der Waals surface area (Å²) in [7, 11) is 1.60. The van der Waals surface area contributed by atoms with Gasteiger partial charge in [0.2, 0.25) is 0 Å². The summed E-state index contributed by atoms with van der Waals surface area (Å²) < 4.78 is 10.7. The van der Waals surface area contributed by atoms with E-state index in [1.165, 1.54) is 31.0 Å². The number of carbonyl (C=O) groups is 2. The van der Waals surface area contributed by atoms with Gasteiger partial charge in [-0.25, -0.2) is 4.79 Å². The van der Waals surface area contributed by atoms with Crippen molar-refractivity contribution in [2.75, 3.05) is 19.5 Å². The molecule has 0 saturated heterocycles. The summed E-state index contributed by atoms with van der Waals surface area (Å²) in [6, 6.07) is 9.76. The van der Waals surface area contributed by atoms with E-state index in [9.17, 15) is 14.9 Å². The van der Waals surface area contributed by atoms with Crippen LogP contribution in [-0.2, 0) is 14.3 Å². The molecule has 5 aliphatic rings. The lowest BCUT2D eigenvalue weighted by atomic mass is 9.48. The third-order valence-corrected chi connectivity index (χ3v) is 9.59. The van der Waals surface area contributed by atoms with Crippen LogP contribution in [0.4, 0.5) is 0 Å². The van der Waals surface area contributed by atoms with Crippen molar-refractivity contribution in [1.29, 1.82) is 5.26 Å². The Balaban J connectivity index is 1.43. The minimum Gasteiger partial charge on any atom is -0.497 e. The number of esters is 1. The SMILES string of the molecule is CCOC(=O)C1=C(C)NC(SCC(=O)C23CC4CC(CC(C4)C2)C3)=C(C#N)C1c1ccc(OC)cc1. The second kappa shape index (κ2) is 9.97. The van der Waals surface area contributed by atoms with Gasteiger partial charge in [-0.15, -0.1) is 0 Å². The second-order valence-corrected chi connectivity index (χ2v) is 11.8. The van der Waals surface area contributed by atoms with Crippen LogP contribution in [0.1, 0.15) is 63.9 Å². The number of rotatable bonds is 8. The van der Waals surface area contributed by atoms with Gasteiger partial charge in [0.05, 0.1) is 47.6 Å². The number of hydrogen-bond acceptors (Lipinski definition) is 7. The normalized spacial score (nSPS) is 30.6. The fourth-order valence-corrected chi connectivity index (χ4v) is 8.50. The van der Waals surface area contributed by atoms with Gasteiger partial charge in [0.1, 0.15) is 11.5 Å². The molecule has 4 fully saturated rings. The maximum absolute atomic E-state index is 13.6. The van der Waals surface area contributed by atoms with Gasteiger partial charge in [-0.2, -0.15) is 5.26 Å². The van der Waals surface area contributed by atoms with Crippen molar-refractivity contribution in [3.8, 4) is 11.8 Å². The molecule has 1 heterocycles. The van der Waals surface area contributed by atoms with Crippen LogP contribution in [0, 0.1) is 34.5 Å². The zero-order chi connectivity index (χ0) is 25.4. The highest BCUT2D eigenvalue weighted by atomic mass is 32.2. The van der Waals surface area contributed by atoms with Gasteiger partial charge in [0.25, 0.3) is 0 Å². The Morgan fingerprint density at radius 1 is 1.11 bits per heavy atom. The number of nitrogens with zero attached hydrogens (tertiary/aromatic N) is 1. The van der Waals surface area contributed by atoms with Crippen molar-refractivity contribution in [3.63, 3.8) is 0 Å². The van der Waals surface area contributed by atoms with Gasteiger partial charge < -0.3 is 14.8 Å². The lowest BCUT2D eigenvalue weighted by Gasteiger charge is -2.56. The molecule has 36 heavy (non-hydrogen) atoms. The lowest BCUT2D eigenvalue weighted by Crippen LogP contribution is -2.50. The van der Waals surface area contributed by atoms with Gasteiger partial charge in [-0.1, -0.05) is 23.9 Å². The number of dihydropyridines is 1. The van der Waals surface area contributed by atoms with Crippen LogP contribution in [-0.4, -0.2) is 31.2 Å². The van der Waals surface area contributed by atoms with E-state index in [2.05, 4.69) is 11.4 Å². The minimum atomic E-state index is -0.571. The number of nitriles is 1. The van der Waals surface area contributed by atoms with Crippen LogP contribution in [0.2, 0.25) is 0 Å². The molecule has 1 aromatic carbocycles. The molecular weight excluding hydrogens is 472 g/mol. The molecule has 0 radical (unpaired) electrons. The lowest BCUT2D eigenvalue weighted by molar-refractivity contribution is -0.141. The monoisotopic (exact) mass is 506 g/mol. The summed E-state index contributed by atoms with van der Waals surface area (Å²) in [6.45, 7) is 3.85. The summed E-state index contributed by atoms with van der Waals surface area (Å²) in [4.78, 5) is 26.6. The third-order valence-electron chi connectivity index (χ3n) is 8.57. The number of ketones is 1. The molecule has 0 amide bonds. The Bertz CT molecular complexity index is 1130. The van der Waals surface area contributed by atoms with Crippen LogP contribution in [0.3, 0.4) is 0 Å². The largest absolute Gasteiger partial charge is 0.497 e. The first-order chi connectivity index (χ1) is 17.4. The average molecular weight is 507 g/mol. The Hall–Kier alpha value is -2.72. The zero-order valence-electron chi connectivity index (χ0n) is 21.3. The highest BCUT2D eigenvalue weighted by Crippen LogP contribution is 2.60. The topological polar surface area (TPSA) is 88.4 Å². The number of hydrogen-bond donors (Lipinski definition) is 1. The first kappa shape index (κ1) is 25.0. The van der Waals surface area contributed by atoms with Crippen LogP contribution in [0.5, 0.6) is 5.75 Å². The van der Waals surface area contributed by atoms with E-state index in [-0.39, 0.29) is 12.0 Å². The number of Topliss-reactive ketones (excluding diaryl/α,β-unsaturated/α-hetero) is 1. The molecule has 4 aliphatic carbocycles. The van der Waals surface area contributed by atoms with Gasteiger partial charge in [0, 0.05) is 11.1 Å². The molecule has 6 rings (SSSR count). The van der Waals surface area contributed by atoms with Crippen LogP contribution in [0.15, 0.2) is 46.1 Å². The van der Waals surface area contributed by atoms with E-state index in [1.54, 1.807) is 14.0 Å². The predicted octanol–water partition coefficient (Wildman–Crippen LogP) is 5.47. The number of nitrogens with one attached hydrogen (secondary N) is 1. The van der Waals surface area contributed by atoms with E-state index in [0.29, 0.717) is 56.9 Å². The standard InChI is InChI=1S/C29H34N2O4S/c1-4-35-28(33)25-17(2)31-27(23(15-30)26(25)21-5-7-22(34-3)8-6-21)36-16-24(32)29-12-18-9-19(13-29)11-20(10-18)14-29/h5-8,18-20,26,31H,4,9-14,16H2,1-3H3. The maximum Gasteiger partial charge on any atom is 0.336 e. The predicted molar refractivity (Wildman–Crippen MR) is 139 cm³/mol. The average Bonchev–Trinajstić information content (AvgIpc) is 2.86. The molecule has 1 atom stereocenters. The third kappa shape index (κ3) is 4.45. The molecular formula is C29H34N2O4S. The van der Waals surface area contributed by atoms with Crippen molar-refractivity contribution in [1.82, 2.24) is 5.32 Å². The molecule has 4 saturated carbocycles. The van der Waals surface area contributed by atoms with Gasteiger partial charge in [-0.05, 0) is 87.8 Å². The first-order valence-electron chi connectivity index (χ1n) is 13.0. The number of thioether (sulfide) groups is 1. The second-order valence-electron chi connectivity index (χ2n) is 10.9. The first-order valence-corrected chi connectivity index (χ1v) is 13.9. The van der Waals surface area contributed by atoms with Crippen molar-refractivity contribution in [2.45, 2.75) is 58.3 Å². The molecule has 1 aliphatic heterocycles. The summed E-state index contributed by atoms with van der Waals surface area (Å²) >= 11 is 1.41. The number of allylic oxidation sites excluding steroid dienone is 2. The quantitative estimate of drug-likeness (QED) is 0.468. The number of ether oxygens (including phenoxy) is 2. The molecule has 1 unspecified atom stereocenters. The van der Waals surface area contributed by atoms with E-state index >= 15 is 0 Å². The van der Waals surface area contributed by atoms with Crippen molar-refractivity contribution < 1.29 is 19.1 Å². The number of benzene rings is 1. The highest BCUT2D eigenvalue weighted by Gasteiger charge is 2.54. The van der Waals surface area contributed by atoms with Crippen molar-refractivity contribution in [2.24, 2.45) is 23.2 Å². The van der Waals surface area contributed by atoms with Gasteiger partial charge in [0.15, 0.2) is 0 Å². The summed E-state index contributed by atoms with van der Waals surface area (Å²) in [5.41, 5.74) is 2.16. The van der Waals surface area contributed by atoms with E-state index in [4.69, 9.17) is 9.47 Å². The van der Waals surface area contributed by atoms with Crippen LogP contribution in [0.25, 0.3) is 0 Å². The Morgan fingerprint density at radius 2 is 1.72 bits per heavy atom. The molecule has 0 aromatic heterocycles. The van der Waals surface area contributed by atoms with Crippen molar-refractivity contribution in [3.05, 3.63) is 51.7 Å². The summed E-state index contributed by atoms with van der Waals surface area (Å²) in [5.74, 6) is 2.50. The van der Waals surface area contributed by atoms with Crippen LogP contribution >= 0.6 is 11.8 Å². The Kier molecular flexibility index (Phi) is 6.91. The minimum absolute atomic E-state index is 0.167. The van der Waals surface area contributed by atoms with E-state index in [1.807, 2.05) is 31.2 Å². The fourth-order valence-electron chi connectivity index (χ4n) is 7.38. The van der Waals surface area contributed by atoms with E-state index < -0.39 is 11.9 Å². The van der Waals surface area contributed by atoms with Gasteiger partial charge >= 0.3 is 5.97 Å². The van der Waals surface area contributed by atoms with E-state index in [0.717, 1.165) is 24.8 Å². The highest BCUT2D eigenvalue weighted by molar-refractivity contribution is 8.03. The van der Waals surface area contributed by atoms with Crippen LogP contribution < -0.4 is 10.1 Å². The molecule has 0 spiro atoms. The zero-order valence-corrected chi connectivity index (χ0v) is 22.1. The Labute approximate surface area is 217 Å².